The zero-order valence-corrected chi connectivity index (χ0v) is 18.9. The molecule has 3 N–H and O–H groups in total. The topological polar surface area (TPSA) is 152 Å². The Bertz CT molecular complexity index is 772. The van der Waals surface area contributed by atoms with E-state index in [9.17, 15) is 18.0 Å². The summed E-state index contributed by atoms with van der Waals surface area (Å²) in [5, 5.41) is 8.00. The predicted octanol–water partition coefficient (Wildman–Crippen LogP) is 1.33. The van der Waals surface area contributed by atoms with E-state index in [0.717, 1.165) is 6.26 Å². The number of rotatable bonds is 6. The molecule has 3 unspecified atom stereocenters. The summed E-state index contributed by atoms with van der Waals surface area (Å²) in [7, 11) is -3.80. The molecule has 30 heavy (non-hydrogen) atoms. The van der Waals surface area contributed by atoms with Gasteiger partial charge in [0.1, 0.15) is 5.60 Å². The quantitative estimate of drug-likeness (QED) is 0.351. The van der Waals surface area contributed by atoms with Gasteiger partial charge in [0.25, 0.3) is 10.1 Å². The van der Waals surface area contributed by atoms with Crippen LogP contribution in [0.1, 0.15) is 40.5 Å². The predicted molar refractivity (Wildman–Crippen MR) is 108 cm³/mol. The zero-order valence-electron chi connectivity index (χ0n) is 18.1. The number of hydrogen-bond donors (Lipinski definition) is 2. The number of nitrogens with zero attached hydrogens (tertiary/aromatic N) is 2. The van der Waals surface area contributed by atoms with Crippen LogP contribution in [0, 0.1) is 17.2 Å². The van der Waals surface area contributed by atoms with Gasteiger partial charge in [-0.2, -0.15) is 8.42 Å². The second-order valence-corrected chi connectivity index (χ2v) is 10.4. The standard InChI is InChI=1S/C18H32N4O7S/c1-11-15(29-30(5,25)26)27-17(24)22(11)10-13(14(19)20)12-6-8-21(9-7-12)16(23)28-18(2,3)4/h11-13,15H,6-10H2,1-5H3,(H3,19,20). The fraction of sp³-hybridized carbons (Fsp3) is 0.833. The van der Waals surface area contributed by atoms with Gasteiger partial charge >= 0.3 is 12.2 Å². The van der Waals surface area contributed by atoms with Gasteiger partial charge in [0, 0.05) is 25.6 Å². The summed E-state index contributed by atoms with van der Waals surface area (Å²) in [5.74, 6) is -0.535. The normalized spacial score (nSPS) is 24.5. The lowest BCUT2D eigenvalue weighted by molar-refractivity contribution is -0.00796. The van der Waals surface area contributed by atoms with Crippen LogP contribution in [0.15, 0.2) is 0 Å². The molecule has 11 nitrogen and oxygen atoms in total. The lowest BCUT2D eigenvalue weighted by Gasteiger charge is -2.37. The highest BCUT2D eigenvalue weighted by atomic mass is 32.2. The molecule has 12 heteroatoms. The van der Waals surface area contributed by atoms with Gasteiger partial charge in [0.05, 0.1) is 18.1 Å². The molecule has 2 rings (SSSR count). The number of hydrogen-bond acceptors (Lipinski definition) is 8. The van der Waals surface area contributed by atoms with E-state index in [0.29, 0.717) is 25.9 Å². The molecule has 0 saturated carbocycles. The molecule has 0 bridgehead atoms. The third-order valence-electron chi connectivity index (χ3n) is 5.16. The van der Waals surface area contributed by atoms with Gasteiger partial charge in [-0.1, -0.05) is 0 Å². The summed E-state index contributed by atoms with van der Waals surface area (Å²) in [6, 6.07) is -0.657. The number of cyclic esters (lactones) is 1. The summed E-state index contributed by atoms with van der Waals surface area (Å²) >= 11 is 0. The summed E-state index contributed by atoms with van der Waals surface area (Å²) in [6.07, 6.45) is -0.248. The highest BCUT2D eigenvalue weighted by molar-refractivity contribution is 7.86. The van der Waals surface area contributed by atoms with Crippen molar-refractivity contribution in [2.75, 3.05) is 25.9 Å². The fourth-order valence-corrected chi connectivity index (χ4v) is 4.16. The van der Waals surface area contributed by atoms with E-state index in [-0.39, 0.29) is 24.4 Å². The molecule has 0 radical (unpaired) electrons. The first-order valence-corrected chi connectivity index (χ1v) is 11.7. The molecule has 2 heterocycles. The fourth-order valence-electron chi connectivity index (χ4n) is 3.62. The average Bonchev–Trinajstić information content (AvgIpc) is 2.83. The summed E-state index contributed by atoms with van der Waals surface area (Å²) in [6.45, 7) is 8.06. The molecule has 3 atom stereocenters. The number of ether oxygens (including phenoxy) is 2. The monoisotopic (exact) mass is 448 g/mol. The lowest BCUT2D eigenvalue weighted by Crippen LogP contribution is -2.48. The Hall–Kier alpha value is -2.08. The van der Waals surface area contributed by atoms with Gasteiger partial charge in [0.15, 0.2) is 0 Å². The zero-order chi connectivity index (χ0) is 22.9. The van der Waals surface area contributed by atoms with Crippen molar-refractivity contribution >= 4 is 28.1 Å². The maximum atomic E-state index is 12.2. The summed E-state index contributed by atoms with van der Waals surface area (Å²) < 4.78 is 38.0. The van der Waals surface area contributed by atoms with Gasteiger partial charge in [-0.05, 0) is 46.5 Å². The molecule has 172 valence electrons. The van der Waals surface area contributed by atoms with Crippen molar-refractivity contribution in [1.29, 1.82) is 5.41 Å². The summed E-state index contributed by atoms with van der Waals surface area (Å²) in [5.41, 5.74) is 5.25. The second kappa shape index (κ2) is 8.96. The number of piperidine rings is 1. The largest absolute Gasteiger partial charge is 0.444 e. The number of nitrogens with one attached hydrogen (secondary N) is 1. The van der Waals surface area contributed by atoms with Gasteiger partial charge in [0.2, 0.25) is 6.29 Å². The van der Waals surface area contributed by atoms with E-state index in [1.54, 1.807) is 32.6 Å². The number of amidine groups is 1. The second-order valence-electron chi connectivity index (χ2n) is 8.81. The van der Waals surface area contributed by atoms with Gasteiger partial charge < -0.3 is 20.1 Å². The molecule has 0 aromatic heterocycles. The smallest absolute Gasteiger partial charge is 0.412 e. The highest BCUT2D eigenvalue weighted by Crippen LogP contribution is 2.30. The average molecular weight is 449 g/mol. The van der Waals surface area contributed by atoms with Crippen LogP contribution >= 0.6 is 0 Å². The van der Waals surface area contributed by atoms with Crippen LogP contribution in [0.4, 0.5) is 9.59 Å². The van der Waals surface area contributed by atoms with E-state index in [4.69, 9.17) is 24.8 Å². The Kier molecular flexibility index (Phi) is 7.23. The van der Waals surface area contributed by atoms with Crippen LogP contribution in [0.5, 0.6) is 0 Å². The Morgan fingerprint density at radius 2 is 1.90 bits per heavy atom. The highest BCUT2D eigenvalue weighted by Gasteiger charge is 2.44. The minimum absolute atomic E-state index is 0.0175. The SMILES string of the molecule is CC1C(OS(C)(=O)=O)OC(=O)N1CC(C(=N)N)C1CCN(C(=O)OC(C)(C)C)CC1. The number of carbonyl (C=O) groups excluding carboxylic acids is 2. The molecule has 2 fully saturated rings. The van der Waals surface area contributed by atoms with E-state index in [2.05, 4.69) is 0 Å². The summed E-state index contributed by atoms with van der Waals surface area (Å²) in [4.78, 5) is 27.4. The first kappa shape index (κ1) is 24.2. The molecule has 0 aromatic carbocycles. The molecule has 2 amide bonds. The van der Waals surface area contributed by atoms with Crippen LogP contribution < -0.4 is 5.73 Å². The molecule has 0 aliphatic carbocycles. The molecular formula is C18H32N4O7S. The van der Waals surface area contributed by atoms with Crippen molar-refractivity contribution in [3.05, 3.63) is 0 Å². The van der Waals surface area contributed by atoms with Crippen molar-refractivity contribution in [3.63, 3.8) is 0 Å². The third kappa shape index (κ3) is 6.46. The van der Waals surface area contributed by atoms with Crippen LogP contribution in [0.25, 0.3) is 0 Å². The Balaban J connectivity index is 2.00. The van der Waals surface area contributed by atoms with Crippen LogP contribution in [0.2, 0.25) is 0 Å². The number of amides is 2. The number of carbonyl (C=O) groups is 2. The van der Waals surface area contributed by atoms with Gasteiger partial charge in [-0.15, -0.1) is 0 Å². The van der Waals surface area contributed by atoms with Gasteiger partial charge in [-0.3, -0.25) is 10.3 Å². The maximum Gasteiger partial charge on any atom is 0.412 e. The number of likely N-dealkylation sites (tertiary alicyclic amines) is 1. The first-order valence-electron chi connectivity index (χ1n) is 9.85. The lowest BCUT2D eigenvalue weighted by atomic mass is 9.83. The van der Waals surface area contributed by atoms with E-state index < -0.39 is 40.1 Å². The Morgan fingerprint density at radius 1 is 1.33 bits per heavy atom. The van der Waals surface area contributed by atoms with Crippen molar-refractivity contribution in [2.45, 2.75) is 58.5 Å². The van der Waals surface area contributed by atoms with Crippen LogP contribution in [-0.4, -0.2) is 80.1 Å². The van der Waals surface area contributed by atoms with E-state index >= 15 is 0 Å². The Labute approximate surface area is 177 Å². The molecule has 2 saturated heterocycles. The number of nitrogens with two attached hydrogens (primary N) is 1. The molecular weight excluding hydrogens is 416 g/mol. The molecule has 2 aliphatic heterocycles. The third-order valence-corrected chi connectivity index (χ3v) is 5.70. The first-order chi connectivity index (χ1) is 13.7. The molecule has 0 aromatic rings. The maximum absolute atomic E-state index is 12.2. The van der Waals surface area contributed by atoms with E-state index in [1.807, 2.05) is 0 Å². The Morgan fingerprint density at radius 3 is 2.37 bits per heavy atom. The van der Waals surface area contributed by atoms with Gasteiger partial charge in [-0.25, -0.2) is 13.8 Å². The van der Waals surface area contributed by atoms with Crippen LogP contribution in [0.3, 0.4) is 0 Å². The minimum Gasteiger partial charge on any atom is -0.444 e. The minimum atomic E-state index is -3.80. The van der Waals surface area contributed by atoms with Crippen molar-refractivity contribution in [2.24, 2.45) is 17.6 Å². The van der Waals surface area contributed by atoms with Crippen molar-refractivity contribution in [1.82, 2.24) is 9.80 Å². The van der Waals surface area contributed by atoms with E-state index in [1.165, 1.54) is 4.90 Å². The molecule has 0 spiro atoms. The van der Waals surface area contributed by atoms with Crippen LogP contribution in [-0.2, 0) is 23.8 Å². The van der Waals surface area contributed by atoms with Crippen molar-refractivity contribution < 1.29 is 31.7 Å². The molecule has 2 aliphatic rings. The van der Waals surface area contributed by atoms with Crippen molar-refractivity contribution in [3.8, 4) is 0 Å².